The summed E-state index contributed by atoms with van der Waals surface area (Å²) in [5, 5.41) is 0. The topological polar surface area (TPSA) is 190 Å². The summed E-state index contributed by atoms with van der Waals surface area (Å²) < 4.78 is 54.6. The van der Waals surface area contributed by atoms with Crippen molar-refractivity contribution in [2.24, 2.45) is 11.8 Å². The van der Waals surface area contributed by atoms with Gasteiger partial charge in [-0.3, -0.25) is 9.59 Å². The number of hydrogen-bond donors (Lipinski definition) is 4. The smallest absolute Gasteiger partial charge is 0.241 e. The van der Waals surface area contributed by atoms with Gasteiger partial charge in [-0.2, -0.15) is 0 Å². The molecule has 302 valence electrons. The Hall–Kier alpha value is -4.38. The maximum Gasteiger partial charge on any atom is 0.241 e. The molecule has 0 saturated carbocycles. The second-order valence-corrected chi connectivity index (χ2v) is 19.5. The summed E-state index contributed by atoms with van der Waals surface area (Å²) in [6, 6.07) is 14.1. The molecule has 2 unspecified atom stereocenters. The molecule has 56 heavy (non-hydrogen) atoms. The van der Waals surface area contributed by atoms with E-state index in [9.17, 15) is 26.4 Å². The van der Waals surface area contributed by atoms with Gasteiger partial charge in [0.1, 0.15) is 23.7 Å². The van der Waals surface area contributed by atoms with Crippen LogP contribution in [-0.2, 0) is 29.6 Å². The van der Waals surface area contributed by atoms with Gasteiger partial charge < -0.3 is 19.8 Å². The third-order valence-electron chi connectivity index (χ3n) is 10.9. The van der Waals surface area contributed by atoms with Crippen LogP contribution in [0.4, 0.5) is 0 Å². The molecule has 0 radical (unpaired) electrons. The lowest BCUT2D eigenvalue weighted by molar-refractivity contribution is -0.135. The maximum atomic E-state index is 13.6. The van der Waals surface area contributed by atoms with Crippen LogP contribution in [0, 0.1) is 11.8 Å². The number of aromatic nitrogens is 4. The van der Waals surface area contributed by atoms with Gasteiger partial charge in [-0.05, 0) is 73.6 Å². The largest absolute Gasteiger partial charge is 0.340 e. The fourth-order valence-electron chi connectivity index (χ4n) is 7.47. The van der Waals surface area contributed by atoms with E-state index in [1.807, 2.05) is 76.2 Å². The molecule has 2 saturated heterocycles. The van der Waals surface area contributed by atoms with Crippen LogP contribution < -0.4 is 9.44 Å². The number of hydrogen-bond acceptors (Lipinski definition) is 8. The molecule has 2 amide bonds. The SMILES string of the molecule is CCS(=O)(=O)N[C@H](C(=O)N1CCCC1c1ncc(-c2ccc(-c3ccc(-c4cnc(C5CCCN5C(=O)[C@@H](NS(=O)(=O)CC)C(C)C)[nH]4)cc3)cc2)[nH]1)C(C)C. The van der Waals surface area contributed by atoms with Crippen molar-refractivity contribution in [1.29, 1.82) is 0 Å². The number of likely N-dealkylation sites (tertiary alicyclic amines) is 2. The average molecular weight is 807 g/mol. The van der Waals surface area contributed by atoms with Crippen molar-refractivity contribution in [3.8, 4) is 33.6 Å². The van der Waals surface area contributed by atoms with Crippen LogP contribution in [0.3, 0.4) is 0 Å². The molecule has 16 heteroatoms. The first kappa shape index (κ1) is 41.3. The molecule has 0 bridgehead atoms. The minimum atomic E-state index is -3.56. The Morgan fingerprint density at radius 1 is 0.643 bits per heavy atom. The van der Waals surface area contributed by atoms with Crippen LogP contribution in [0.25, 0.3) is 33.6 Å². The summed E-state index contributed by atoms with van der Waals surface area (Å²) in [5.41, 5.74) is 5.61. The monoisotopic (exact) mass is 806 g/mol. The number of nitrogens with zero attached hydrogens (tertiary/aromatic N) is 4. The predicted molar refractivity (Wildman–Crippen MR) is 217 cm³/mol. The third kappa shape index (κ3) is 9.09. The Morgan fingerprint density at radius 2 is 0.982 bits per heavy atom. The minimum Gasteiger partial charge on any atom is -0.340 e. The normalized spacial score (nSPS) is 18.9. The number of amides is 2. The zero-order chi connectivity index (χ0) is 40.4. The molecule has 14 nitrogen and oxygen atoms in total. The van der Waals surface area contributed by atoms with Crippen molar-refractivity contribution in [3.05, 3.63) is 72.6 Å². The molecule has 6 rings (SSSR count). The van der Waals surface area contributed by atoms with Crippen LogP contribution in [0.1, 0.15) is 91.0 Å². The second kappa shape index (κ2) is 17.0. The van der Waals surface area contributed by atoms with Gasteiger partial charge in [0, 0.05) is 13.1 Å². The first-order valence-corrected chi connectivity index (χ1v) is 22.8. The van der Waals surface area contributed by atoms with E-state index in [0.29, 0.717) is 24.7 Å². The number of nitrogens with one attached hydrogen (secondary N) is 4. The van der Waals surface area contributed by atoms with Gasteiger partial charge in [0.15, 0.2) is 0 Å². The molecule has 4 aromatic rings. The Morgan fingerprint density at radius 3 is 1.30 bits per heavy atom. The number of carbonyl (C=O) groups is 2. The molecular weight excluding hydrogens is 753 g/mol. The van der Waals surface area contributed by atoms with Gasteiger partial charge in [-0.25, -0.2) is 36.2 Å². The number of carbonyl (C=O) groups excluding carboxylic acids is 2. The van der Waals surface area contributed by atoms with Crippen molar-refractivity contribution in [2.45, 2.75) is 91.4 Å². The molecule has 4 N–H and O–H groups in total. The zero-order valence-electron chi connectivity index (χ0n) is 32.9. The number of imidazole rings is 2. The first-order valence-electron chi connectivity index (χ1n) is 19.5. The summed E-state index contributed by atoms with van der Waals surface area (Å²) >= 11 is 0. The molecule has 2 fully saturated rings. The lowest BCUT2D eigenvalue weighted by atomic mass is 10.0. The Labute approximate surface area is 330 Å². The van der Waals surface area contributed by atoms with E-state index in [4.69, 9.17) is 0 Å². The number of rotatable bonds is 15. The van der Waals surface area contributed by atoms with E-state index in [0.717, 1.165) is 59.3 Å². The van der Waals surface area contributed by atoms with Crippen molar-refractivity contribution in [2.75, 3.05) is 24.6 Å². The van der Waals surface area contributed by atoms with Crippen molar-refractivity contribution >= 4 is 31.9 Å². The predicted octanol–water partition coefficient (Wildman–Crippen LogP) is 5.39. The highest BCUT2D eigenvalue weighted by atomic mass is 32.2. The number of H-pyrrole nitrogens is 2. The highest BCUT2D eigenvalue weighted by Gasteiger charge is 2.39. The van der Waals surface area contributed by atoms with Gasteiger partial charge >= 0.3 is 0 Å². The summed E-state index contributed by atoms with van der Waals surface area (Å²) in [6.07, 6.45) is 6.63. The Balaban J connectivity index is 1.11. The third-order valence-corrected chi connectivity index (χ3v) is 13.6. The molecule has 4 heterocycles. The Bertz CT molecular complexity index is 2060. The molecule has 2 aromatic carbocycles. The van der Waals surface area contributed by atoms with Gasteiger partial charge in [-0.15, -0.1) is 0 Å². The van der Waals surface area contributed by atoms with Gasteiger partial charge in [0.05, 0.1) is 47.4 Å². The number of benzene rings is 2. The molecule has 0 spiro atoms. The molecule has 4 atom stereocenters. The van der Waals surface area contributed by atoms with E-state index < -0.39 is 32.1 Å². The fraction of sp³-hybridized carbons (Fsp3) is 0.500. The van der Waals surface area contributed by atoms with Crippen LogP contribution >= 0.6 is 0 Å². The molecule has 2 aliphatic heterocycles. The highest BCUT2D eigenvalue weighted by molar-refractivity contribution is 7.89. The molecule has 0 aliphatic carbocycles. The fourth-order valence-corrected chi connectivity index (χ4v) is 9.33. The molecular formula is C40H54N8O6S2. The van der Waals surface area contributed by atoms with Crippen molar-refractivity contribution in [1.82, 2.24) is 39.2 Å². The average Bonchev–Trinajstić information content (AvgIpc) is 4.02. The van der Waals surface area contributed by atoms with Crippen molar-refractivity contribution < 1.29 is 26.4 Å². The number of sulfonamides is 2. The van der Waals surface area contributed by atoms with E-state index in [1.54, 1.807) is 36.0 Å². The van der Waals surface area contributed by atoms with Gasteiger partial charge in [0.25, 0.3) is 0 Å². The van der Waals surface area contributed by atoms with Crippen LogP contribution in [-0.4, -0.2) is 95.1 Å². The van der Waals surface area contributed by atoms with Crippen LogP contribution in [0.2, 0.25) is 0 Å². The second-order valence-electron chi connectivity index (χ2n) is 15.4. The number of aromatic amines is 2. The summed E-state index contributed by atoms with van der Waals surface area (Å²) in [5.74, 6) is 0.299. The van der Waals surface area contributed by atoms with Gasteiger partial charge in [-0.1, -0.05) is 76.2 Å². The first-order chi connectivity index (χ1) is 26.6. The summed E-state index contributed by atoms with van der Waals surface area (Å²) in [6.45, 7) is 11.6. The summed E-state index contributed by atoms with van der Waals surface area (Å²) in [4.78, 5) is 46.9. The Kier molecular flexibility index (Phi) is 12.5. The van der Waals surface area contributed by atoms with Gasteiger partial charge in [0.2, 0.25) is 31.9 Å². The summed E-state index contributed by atoms with van der Waals surface area (Å²) in [7, 11) is -7.11. The van der Waals surface area contributed by atoms with E-state index in [1.165, 1.54) is 0 Å². The quantitative estimate of drug-likeness (QED) is 0.123. The standard InChI is InChI=1S/C40H54N8O6S2/c1-7-55(51,52)45-35(25(3)4)39(49)47-21-9-11-33(47)37-41-23-31(43-37)29-17-13-27(14-18-29)28-15-19-30(20-16-28)32-24-42-38(44-32)34-12-10-22-48(34)40(50)36(26(5)6)46-56(53,54)8-2/h13-20,23-26,33-36,45-46H,7-12,21-22H2,1-6H3,(H,41,43)(H,42,44)/t33?,34?,35-,36-/m0/s1. The van der Waals surface area contributed by atoms with E-state index in [-0.39, 0.29) is 47.2 Å². The van der Waals surface area contributed by atoms with Crippen molar-refractivity contribution in [3.63, 3.8) is 0 Å². The lowest BCUT2D eigenvalue weighted by Crippen LogP contribution is -2.51. The van der Waals surface area contributed by atoms with E-state index >= 15 is 0 Å². The van der Waals surface area contributed by atoms with Crippen LogP contribution in [0.5, 0.6) is 0 Å². The van der Waals surface area contributed by atoms with E-state index in [2.05, 4.69) is 29.4 Å². The zero-order valence-corrected chi connectivity index (χ0v) is 34.6. The molecule has 2 aromatic heterocycles. The van der Waals surface area contributed by atoms with Crippen LogP contribution in [0.15, 0.2) is 60.9 Å². The highest BCUT2D eigenvalue weighted by Crippen LogP contribution is 2.35. The lowest BCUT2D eigenvalue weighted by Gasteiger charge is -2.30. The molecule has 2 aliphatic rings. The minimum absolute atomic E-state index is 0.0908. The maximum absolute atomic E-state index is 13.6.